The molecule has 2 saturated carbocycles. The first kappa shape index (κ1) is 10.8. The molecule has 0 amide bonds. The number of hydrogen-bond acceptors (Lipinski definition) is 3. The second-order valence-electron chi connectivity index (χ2n) is 5.40. The predicted molar refractivity (Wildman–Crippen MR) is 66.1 cm³/mol. The van der Waals surface area contributed by atoms with Crippen LogP contribution in [-0.4, -0.2) is 15.9 Å². The number of fused-ring (bicyclic) bond motifs is 1. The van der Waals surface area contributed by atoms with E-state index < -0.39 is 0 Å². The van der Waals surface area contributed by atoms with E-state index in [9.17, 15) is 0 Å². The summed E-state index contributed by atoms with van der Waals surface area (Å²) in [5, 5.41) is 12.4. The van der Waals surface area contributed by atoms with Crippen LogP contribution >= 0.6 is 0 Å². The van der Waals surface area contributed by atoms with Crippen molar-refractivity contribution in [2.24, 2.45) is 22.9 Å². The number of hydrogen-bond donors (Lipinski definition) is 1. The van der Waals surface area contributed by atoms with Crippen LogP contribution in [0, 0.1) is 17.8 Å². The summed E-state index contributed by atoms with van der Waals surface area (Å²) in [6.07, 6.45) is 9.62. The zero-order valence-corrected chi connectivity index (χ0v) is 9.92. The van der Waals surface area contributed by atoms with Crippen molar-refractivity contribution in [2.75, 3.05) is 0 Å². The van der Waals surface area contributed by atoms with Crippen LogP contribution < -0.4 is 0 Å². The van der Waals surface area contributed by atoms with Gasteiger partial charge in [0, 0.05) is 18.3 Å². The highest BCUT2D eigenvalue weighted by atomic mass is 16.4. The van der Waals surface area contributed by atoms with Gasteiger partial charge in [0.1, 0.15) is 0 Å². The average Bonchev–Trinajstić information content (AvgIpc) is 2.89. The summed E-state index contributed by atoms with van der Waals surface area (Å²) in [7, 11) is 0. The van der Waals surface area contributed by atoms with Gasteiger partial charge in [0.05, 0.1) is 5.71 Å². The smallest absolute Gasteiger partial charge is 0.0604 e. The molecule has 3 heteroatoms. The van der Waals surface area contributed by atoms with Crippen LogP contribution in [0.1, 0.15) is 31.2 Å². The largest absolute Gasteiger partial charge is 0.411 e. The van der Waals surface area contributed by atoms with Gasteiger partial charge in [0.2, 0.25) is 0 Å². The van der Waals surface area contributed by atoms with Gasteiger partial charge in [-0.3, -0.25) is 4.98 Å². The first-order valence-corrected chi connectivity index (χ1v) is 6.46. The van der Waals surface area contributed by atoms with E-state index in [0.29, 0.717) is 5.92 Å². The van der Waals surface area contributed by atoms with E-state index in [1.54, 1.807) is 0 Å². The molecule has 0 radical (unpaired) electrons. The van der Waals surface area contributed by atoms with Gasteiger partial charge in [0.15, 0.2) is 0 Å². The Labute approximate surface area is 102 Å². The summed E-state index contributed by atoms with van der Waals surface area (Å²) in [6, 6.07) is 4.16. The zero-order valence-electron chi connectivity index (χ0n) is 9.92. The highest BCUT2D eigenvalue weighted by Gasteiger charge is 2.41. The quantitative estimate of drug-likeness (QED) is 0.627. The van der Waals surface area contributed by atoms with Crippen molar-refractivity contribution in [1.82, 2.24) is 4.98 Å². The molecule has 3 unspecified atom stereocenters. The molecule has 2 aliphatic rings. The van der Waals surface area contributed by atoms with Crippen LogP contribution in [-0.2, 0) is 6.42 Å². The summed E-state index contributed by atoms with van der Waals surface area (Å²) in [5.41, 5.74) is 2.38. The molecule has 0 spiro atoms. The summed E-state index contributed by atoms with van der Waals surface area (Å²) in [5.74, 6) is 2.07. The Bertz CT molecular complexity index is 415. The fourth-order valence-corrected chi connectivity index (χ4v) is 3.63. The van der Waals surface area contributed by atoms with Gasteiger partial charge in [-0.1, -0.05) is 11.2 Å². The van der Waals surface area contributed by atoms with Crippen LogP contribution in [0.4, 0.5) is 0 Å². The van der Waals surface area contributed by atoms with Crippen LogP contribution in [0.15, 0.2) is 29.7 Å². The molecule has 1 aromatic heterocycles. The molecule has 0 bridgehead atoms. The molecule has 3 rings (SSSR count). The standard InChI is InChI=1S/C14H18N2O/c17-16-14-4-3-12-7-11(8-13(12)14)6-10-2-1-5-15-9-10/h1-2,5,9,11-13,17H,3-4,6-8H2. The SMILES string of the molecule is ON=C1CCC2CC(Cc3cccnc3)CC12. The van der Waals surface area contributed by atoms with Gasteiger partial charge in [-0.25, -0.2) is 0 Å². The molecule has 3 nitrogen and oxygen atoms in total. The highest BCUT2D eigenvalue weighted by molar-refractivity contribution is 5.88. The van der Waals surface area contributed by atoms with Crippen molar-refractivity contribution in [2.45, 2.75) is 32.1 Å². The fourth-order valence-electron chi connectivity index (χ4n) is 3.63. The third kappa shape index (κ3) is 2.06. The Hall–Kier alpha value is -1.38. The van der Waals surface area contributed by atoms with E-state index in [1.165, 1.54) is 24.8 Å². The Morgan fingerprint density at radius 2 is 2.35 bits per heavy atom. The number of rotatable bonds is 2. The van der Waals surface area contributed by atoms with Crippen LogP contribution in [0.2, 0.25) is 0 Å². The van der Waals surface area contributed by atoms with Gasteiger partial charge in [0.25, 0.3) is 0 Å². The summed E-state index contributed by atoms with van der Waals surface area (Å²) >= 11 is 0. The summed E-state index contributed by atoms with van der Waals surface area (Å²) in [4.78, 5) is 4.17. The van der Waals surface area contributed by atoms with E-state index in [4.69, 9.17) is 5.21 Å². The van der Waals surface area contributed by atoms with Crippen LogP contribution in [0.3, 0.4) is 0 Å². The third-order valence-electron chi connectivity index (χ3n) is 4.37. The van der Waals surface area contributed by atoms with E-state index in [-0.39, 0.29) is 0 Å². The Morgan fingerprint density at radius 1 is 1.41 bits per heavy atom. The van der Waals surface area contributed by atoms with Crippen molar-refractivity contribution in [3.8, 4) is 0 Å². The monoisotopic (exact) mass is 230 g/mol. The van der Waals surface area contributed by atoms with E-state index >= 15 is 0 Å². The molecule has 3 atom stereocenters. The molecule has 1 N–H and O–H groups in total. The summed E-state index contributed by atoms with van der Waals surface area (Å²) < 4.78 is 0. The van der Waals surface area contributed by atoms with E-state index in [2.05, 4.69) is 16.2 Å². The molecule has 17 heavy (non-hydrogen) atoms. The minimum Gasteiger partial charge on any atom is -0.411 e. The number of oxime groups is 1. The second-order valence-corrected chi connectivity index (χ2v) is 5.40. The van der Waals surface area contributed by atoms with E-state index in [0.717, 1.165) is 30.4 Å². The van der Waals surface area contributed by atoms with Gasteiger partial charge >= 0.3 is 0 Å². The number of aromatic nitrogens is 1. The Balaban J connectivity index is 1.66. The number of pyridine rings is 1. The number of nitrogens with zero attached hydrogens (tertiary/aromatic N) is 2. The van der Waals surface area contributed by atoms with Gasteiger partial charge in [-0.05, 0) is 55.6 Å². The predicted octanol–water partition coefficient (Wildman–Crippen LogP) is 2.89. The summed E-state index contributed by atoms with van der Waals surface area (Å²) in [6.45, 7) is 0. The molecule has 0 aliphatic heterocycles. The molecule has 2 aliphatic carbocycles. The minimum absolute atomic E-state index is 0.557. The minimum atomic E-state index is 0.557. The van der Waals surface area contributed by atoms with Crippen LogP contribution in [0.5, 0.6) is 0 Å². The molecule has 1 heterocycles. The molecular formula is C14H18N2O. The van der Waals surface area contributed by atoms with Gasteiger partial charge in [-0.2, -0.15) is 0 Å². The molecule has 0 aromatic carbocycles. The molecular weight excluding hydrogens is 212 g/mol. The first-order chi connectivity index (χ1) is 8.36. The molecule has 2 fully saturated rings. The highest BCUT2D eigenvalue weighted by Crippen LogP contribution is 2.46. The zero-order chi connectivity index (χ0) is 11.7. The lowest BCUT2D eigenvalue weighted by atomic mass is 9.96. The molecule has 1 aromatic rings. The maximum Gasteiger partial charge on any atom is 0.0604 e. The lowest BCUT2D eigenvalue weighted by Gasteiger charge is -2.10. The van der Waals surface area contributed by atoms with Crippen LogP contribution in [0.25, 0.3) is 0 Å². The molecule has 90 valence electrons. The Morgan fingerprint density at radius 3 is 3.12 bits per heavy atom. The maximum absolute atomic E-state index is 8.97. The third-order valence-corrected chi connectivity index (χ3v) is 4.37. The first-order valence-electron chi connectivity index (χ1n) is 6.46. The van der Waals surface area contributed by atoms with Gasteiger partial charge < -0.3 is 5.21 Å². The van der Waals surface area contributed by atoms with Crippen molar-refractivity contribution in [1.29, 1.82) is 0 Å². The van der Waals surface area contributed by atoms with Crippen molar-refractivity contribution >= 4 is 5.71 Å². The van der Waals surface area contributed by atoms with E-state index in [1.807, 2.05) is 18.5 Å². The van der Waals surface area contributed by atoms with Crippen molar-refractivity contribution in [3.63, 3.8) is 0 Å². The average molecular weight is 230 g/mol. The van der Waals surface area contributed by atoms with Crippen molar-refractivity contribution < 1.29 is 5.21 Å². The lowest BCUT2D eigenvalue weighted by molar-refractivity contribution is 0.314. The van der Waals surface area contributed by atoms with Gasteiger partial charge in [-0.15, -0.1) is 0 Å². The second kappa shape index (κ2) is 4.47. The topological polar surface area (TPSA) is 45.5 Å². The lowest BCUT2D eigenvalue weighted by Crippen LogP contribution is -2.09. The van der Waals surface area contributed by atoms with Crippen molar-refractivity contribution in [3.05, 3.63) is 30.1 Å². The fraction of sp³-hybridized carbons (Fsp3) is 0.571. The maximum atomic E-state index is 8.97. The normalized spacial score (nSPS) is 34.1. The Kier molecular flexibility index (Phi) is 2.83. The molecule has 0 saturated heterocycles.